The van der Waals surface area contributed by atoms with Gasteiger partial charge in [0.1, 0.15) is 6.33 Å². The number of likely N-dealkylation sites (N-methyl/N-ethyl adjacent to an activating group) is 1. The Morgan fingerprint density at radius 1 is 1.32 bits per heavy atom. The van der Waals surface area contributed by atoms with Crippen molar-refractivity contribution in [2.75, 3.05) is 46.1 Å². The molecule has 2 aromatic heterocycles. The maximum absolute atomic E-state index is 4.39. The predicted molar refractivity (Wildman–Crippen MR) is 87.2 cm³/mol. The predicted octanol–water partition coefficient (Wildman–Crippen LogP) is 0.871. The van der Waals surface area contributed by atoms with E-state index in [0.29, 0.717) is 0 Å². The summed E-state index contributed by atoms with van der Waals surface area (Å²) < 4.78 is 1.73. The van der Waals surface area contributed by atoms with E-state index in [1.54, 1.807) is 10.8 Å². The Hall–Kier alpha value is -1.73. The van der Waals surface area contributed by atoms with Crippen LogP contribution in [0.25, 0.3) is 5.65 Å². The first-order valence-corrected chi connectivity index (χ1v) is 7.78. The summed E-state index contributed by atoms with van der Waals surface area (Å²) in [5, 5.41) is 16.1. The molecule has 3 rings (SSSR count). The van der Waals surface area contributed by atoms with Gasteiger partial charge in [-0.25, -0.2) is 0 Å². The van der Waals surface area contributed by atoms with Crippen molar-refractivity contribution in [3.63, 3.8) is 0 Å². The van der Waals surface area contributed by atoms with Crippen LogP contribution in [-0.4, -0.2) is 75.9 Å². The van der Waals surface area contributed by atoms with E-state index in [9.17, 15) is 0 Å². The first-order chi connectivity index (χ1) is 10.5. The quantitative estimate of drug-likeness (QED) is 0.904. The number of nitrogens with zero attached hydrogens (tertiary/aromatic N) is 6. The topological polar surface area (TPSA) is 61.6 Å². The third-order valence-corrected chi connectivity index (χ3v) is 4.86. The molecule has 0 spiro atoms. The van der Waals surface area contributed by atoms with Gasteiger partial charge in [0.25, 0.3) is 0 Å². The van der Waals surface area contributed by atoms with E-state index in [4.69, 9.17) is 0 Å². The molecule has 0 saturated carbocycles. The minimum absolute atomic E-state index is 0.181. The van der Waals surface area contributed by atoms with Crippen LogP contribution in [0.15, 0.2) is 12.4 Å². The summed E-state index contributed by atoms with van der Waals surface area (Å²) in [5.74, 6) is 0. The highest BCUT2D eigenvalue weighted by atomic mass is 15.3. The standard InChI is InChI=1S/C15H25N7/c1-12-9-13(14-18-17-11-22(14)19-12)16-10-15(20(2)3)5-7-21(4)8-6-15/h9,11,16H,5-8,10H2,1-4H3. The molecule has 1 fully saturated rings. The van der Waals surface area contributed by atoms with E-state index in [0.717, 1.165) is 49.5 Å². The van der Waals surface area contributed by atoms with Gasteiger partial charge in [0.15, 0.2) is 0 Å². The van der Waals surface area contributed by atoms with Gasteiger partial charge in [0, 0.05) is 12.1 Å². The second-order valence-electron chi connectivity index (χ2n) is 6.57. The zero-order chi connectivity index (χ0) is 15.7. The van der Waals surface area contributed by atoms with Gasteiger partial charge in [-0.15, -0.1) is 10.2 Å². The second kappa shape index (κ2) is 5.81. The number of aryl methyl sites for hydroxylation is 1. The molecular formula is C15H25N7. The van der Waals surface area contributed by atoms with E-state index in [2.05, 4.69) is 51.6 Å². The molecule has 0 atom stereocenters. The number of hydrogen-bond donors (Lipinski definition) is 1. The third kappa shape index (κ3) is 2.78. The molecule has 22 heavy (non-hydrogen) atoms. The van der Waals surface area contributed by atoms with Crippen LogP contribution in [0.5, 0.6) is 0 Å². The molecule has 1 N–H and O–H groups in total. The van der Waals surface area contributed by atoms with E-state index in [1.807, 2.05) is 13.0 Å². The molecule has 3 heterocycles. The normalized spacial score (nSPS) is 19.0. The van der Waals surface area contributed by atoms with Crippen molar-refractivity contribution in [1.82, 2.24) is 29.6 Å². The fourth-order valence-electron chi connectivity index (χ4n) is 3.16. The lowest BCUT2D eigenvalue weighted by Crippen LogP contribution is -2.55. The van der Waals surface area contributed by atoms with Gasteiger partial charge in [-0.1, -0.05) is 0 Å². The Morgan fingerprint density at radius 2 is 2.05 bits per heavy atom. The molecule has 0 aromatic carbocycles. The van der Waals surface area contributed by atoms with Crippen LogP contribution < -0.4 is 5.32 Å². The number of piperidine rings is 1. The average molecular weight is 303 g/mol. The van der Waals surface area contributed by atoms with Crippen molar-refractivity contribution in [3.8, 4) is 0 Å². The zero-order valence-electron chi connectivity index (χ0n) is 13.9. The summed E-state index contributed by atoms with van der Waals surface area (Å²) in [5.41, 5.74) is 2.93. The van der Waals surface area contributed by atoms with Crippen LogP contribution >= 0.6 is 0 Å². The molecular weight excluding hydrogens is 278 g/mol. The first kappa shape index (κ1) is 15.2. The van der Waals surface area contributed by atoms with E-state index >= 15 is 0 Å². The van der Waals surface area contributed by atoms with Gasteiger partial charge in [0.2, 0.25) is 5.65 Å². The lowest BCUT2D eigenvalue weighted by Gasteiger charge is -2.45. The SMILES string of the molecule is Cc1cc(NCC2(N(C)C)CCN(C)CC2)c2nncn2n1. The maximum atomic E-state index is 4.39. The molecule has 7 nitrogen and oxygen atoms in total. The lowest BCUT2D eigenvalue weighted by atomic mass is 9.86. The minimum atomic E-state index is 0.181. The molecule has 2 aromatic rings. The smallest absolute Gasteiger partial charge is 0.200 e. The van der Waals surface area contributed by atoms with Crippen LogP contribution in [0.1, 0.15) is 18.5 Å². The molecule has 0 bridgehead atoms. The minimum Gasteiger partial charge on any atom is -0.380 e. The monoisotopic (exact) mass is 303 g/mol. The fraction of sp³-hybridized carbons (Fsp3) is 0.667. The summed E-state index contributed by atoms with van der Waals surface area (Å²) >= 11 is 0. The highest BCUT2D eigenvalue weighted by Crippen LogP contribution is 2.27. The summed E-state index contributed by atoms with van der Waals surface area (Å²) in [4.78, 5) is 4.76. The highest BCUT2D eigenvalue weighted by molar-refractivity contribution is 5.66. The van der Waals surface area contributed by atoms with Crippen LogP contribution in [-0.2, 0) is 0 Å². The maximum Gasteiger partial charge on any atom is 0.200 e. The van der Waals surface area contributed by atoms with Crippen LogP contribution in [0.2, 0.25) is 0 Å². The molecule has 1 saturated heterocycles. The number of likely N-dealkylation sites (tertiary alicyclic amines) is 1. The van der Waals surface area contributed by atoms with Crippen LogP contribution in [0.3, 0.4) is 0 Å². The summed E-state index contributed by atoms with van der Waals surface area (Å²) in [6.07, 6.45) is 3.97. The number of rotatable bonds is 4. The van der Waals surface area contributed by atoms with Crippen LogP contribution in [0.4, 0.5) is 5.69 Å². The van der Waals surface area contributed by atoms with Gasteiger partial charge >= 0.3 is 0 Å². The first-order valence-electron chi connectivity index (χ1n) is 7.78. The number of fused-ring (bicyclic) bond motifs is 1. The summed E-state index contributed by atoms with van der Waals surface area (Å²) in [6, 6.07) is 2.04. The molecule has 7 heteroatoms. The van der Waals surface area contributed by atoms with Gasteiger partial charge in [-0.05, 0) is 60.1 Å². The largest absolute Gasteiger partial charge is 0.380 e. The van der Waals surface area contributed by atoms with Crippen molar-refractivity contribution in [1.29, 1.82) is 0 Å². The van der Waals surface area contributed by atoms with Crippen molar-refractivity contribution in [3.05, 3.63) is 18.1 Å². The Labute approximate surface area is 131 Å². The van der Waals surface area contributed by atoms with Gasteiger partial charge in [-0.2, -0.15) is 9.61 Å². The Bertz CT molecular complexity index is 640. The molecule has 0 unspecified atom stereocenters. The molecule has 0 amide bonds. The van der Waals surface area contributed by atoms with Crippen molar-refractivity contribution in [2.45, 2.75) is 25.3 Å². The number of aromatic nitrogens is 4. The molecule has 1 aliphatic heterocycles. The number of anilines is 1. The third-order valence-electron chi connectivity index (χ3n) is 4.86. The van der Waals surface area contributed by atoms with Crippen LogP contribution in [0, 0.1) is 6.92 Å². The second-order valence-corrected chi connectivity index (χ2v) is 6.57. The Morgan fingerprint density at radius 3 is 2.73 bits per heavy atom. The van der Waals surface area contributed by atoms with Gasteiger partial charge < -0.3 is 15.1 Å². The highest BCUT2D eigenvalue weighted by Gasteiger charge is 2.35. The molecule has 120 valence electrons. The van der Waals surface area contributed by atoms with Gasteiger partial charge in [-0.3, -0.25) is 0 Å². The van der Waals surface area contributed by atoms with E-state index in [1.165, 1.54) is 0 Å². The molecule has 1 aliphatic rings. The van der Waals surface area contributed by atoms with E-state index < -0.39 is 0 Å². The van der Waals surface area contributed by atoms with Gasteiger partial charge in [0.05, 0.1) is 11.4 Å². The lowest BCUT2D eigenvalue weighted by molar-refractivity contribution is 0.0774. The van der Waals surface area contributed by atoms with Crippen molar-refractivity contribution < 1.29 is 0 Å². The van der Waals surface area contributed by atoms with Crippen molar-refractivity contribution in [2.24, 2.45) is 0 Å². The fourth-order valence-corrected chi connectivity index (χ4v) is 3.16. The number of hydrogen-bond acceptors (Lipinski definition) is 6. The molecule has 0 aliphatic carbocycles. The Balaban J connectivity index is 1.81. The average Bonchev–Trinajstić information content (AvgIpc) is 2.94. The summed E-state index contributed by atoms with van der Waals surface area (Å²) in [7, 11) is 6.55. The van der Waals surface area contributed by atoms with E-state index in [-0.39, 0.29) is 5.54 Å². The Kier molecular flexibility index (Phi) is 4.01. The number of nitrogens with one attached hydrogen (secondary N) is 1. The summed E-state index contributed by atoms with van der Waals surface area (Å²) in [6.45, 7) is 5.16. The molecule has 0 radical (unpaired) electrons. The van der Waals surface area contributed by atoms with Crippen molar-refractivity contribution >= 4 is 11.3 Å². The zero-order valence-corrected chi connectivity index (χ0v) is 13.9.